The molecule has 0 N–H and O–H groups in total. The summed E-state index contributed by atoms with van der Waals surface area (Å²) in [6.45, 7) is 1.76. The highest BCUT2D eigenvalue weighted by atomic mass is 32.1. The Morgan fingerprint density at radius 2 is 2.18 bits per heavy atom. The molecule has 0 aliphatic heterocycles. The summed E-state index contributed by atoms with van der Waals surface area (Å²) < 4.78 is 10.1. The van der Waals surface area contributed by atoms with Gasteiger partial charge in [0.25, 0.3) is 5.78 Å². The van der Waals surface area contributed by atoms with E-state index in [4.69, 9.17) is 4.42 Å². The molecule has 5 nitrogen and oxygen atoms in total. The van der Waals surface area contributed by atoms with Gasteiger partial charge in [-0.25, -0.2) is 9.59 Å². The summed E-state index contributed by atoms with van der Waals surface area (Å²) in [6.07, 6.45) is 0. The first-order valence-electron chi connectivity index (χ1n) is 4.87. The van der Waals surface area contributed by atoms with Crippen LogP contribution in [0.15, 0.2) is 27.4 Å². The minimum Gasteiger partial charge on any atom is -0.460 e. The third-order valence-electron chi connectivity index (χ3n) is 2.05. The quantitative estimate of drug-likeness (QED) is 0.471. The Bertz CT molecular complexity index is 637. The average molecular weight is 252 g/mol. The van der Waals surface area contributed by atoms with Crippen LogP contribution in [-0.4, -0.2) is 18.4 Å². The lowest BCUT2D eigenvalue weighted by atomic mass is 10.1. The number of fused-ring (bicyclic) bond motifs is 1. The molecule has 2 rings (SSSR count). The standard InChI is InChI=1S/C11H8O5S/c1-2-15-10(13)9(12)6-3-4-8-7(5-6)16-11(14)17-8/h3-5H,2H2,1H3. The second-order valence-corrected chi connectivity index (χ2v) is 4.14. The molecule has 0 fully saturated rings. The molecule has 1 heterocycles. The van der Waals surface area contributed by atoms with Gasteiger partial charge < -0.3 is 9.15 Å². The SMILES string of the molecule is CCOC(=O)C(=O)c1ccc2sc(=O)oc2c1. The monoisotopic (exact) mass is 252 g/mol. The highest BCUT2D eigenvalue weighted by Crippen LogP contribution is 2.18. The minimum absolute atomic E-state index is 0.139. The molecule has 0 aliphatic carbocycles. The first-order valence-corrected chi connectivity index (χ1v) is 5.68. The Balaban J connectivity index is 2.39. The number of hydrogen-bond acceptors (Lipinski definition) is 6. The van der Waals surface area contributed by atoms with Crippen molar-refractivity contribution in [2.45, 2.75) is 6.92 Å². The van der Waals surface area contributed by atoms with Crippen LogP contribution in [0, 0.1) is 0 Å². The average Bonchev–Trinajstić information content (AvgIpc) is 2.67. The van der Waals surface area contributed by atoms with Gasteiger partial charge in [0, 0.05) is 5.56 Å². The molecule has 0 spiro atoms. The fraction of sp³-hybridized carbons (Fsp3) is 0.182. The maximum atomic E-state index is 11.6. The summed E-state index contributed by atoms with van der Waals surface area (Å²) in [4.78, 5) is 33.4. The summed E-state index contributed by atoms with van der Waals surface area (Å²) in [6, 6.07) is 4.40. The van der Waals surface area contributed by atoms with Gasteiger partial charge in [-0.1, -0.05) is 11.3 Å². The molecule has 0 bridgehead atoms. The van der Waals surface area contributed by atoms with Gasteiger partial charge in [-0.15, -0.1) is 0 Å². The molecule has 0 aliphatic rings. The fourth-order valence-electron chi connectivity index (χ4n) is 1.33. The van der Waals surface area contributed by atoms with Crippen LogP contribution in [0.5, 0.6) is 0 Å². The van der Waals surface area contributed by atoms with E-state index in [1.54, 1.807) is 13.0 Å². The van der Waals surface area contributed by atoms with E-state index in [2.05, 4.69) is 4.74 Å². The van der Waals surface area contributed by atoms with E-state index in [-0.39, 0.29) is 12.2 Å². The smallest absolute Gasteiger partial charge is 0.396 e. The summed E-state index contributed by atoms with van der Waals surface area (Å²) in [5.74, 6) is -1.66. The van der Waals surface area contributed by atoms with E-state index in [0.29, 0.717) is 10.3 Å². The number of benzene rings is 1. The van der Waals surface area contributed by atoms with Gasteiger partial charge in [-0.05, 0) is 25.1 Å². The van der Waals surface area contributed by atoms with Gasteiger partial charge in [-0.3, -0.25) is 4.79 Å². The van der Waals surface area contributed by atoms with Crippen LogP contribution in [0.25, 0.3) is 10.3 Å². The Morgan fingerprint density at radius 3 is 2.88 bits per heavy atom. The van der Waals surface area contributed by atoms with E-state index >= 15 is 0 Å². The summed E-state index contributed by atoms with van der Waals surface area (Å²) in [5, 5.41) is 0. The third-order valence-corrected chi connectivity index (χ3v) is 2.86. The third kappa shape index (κ3) is 2.26. The van der Waals surface area contributed by atoms with Crippen molar-refractivity contribution in [3.8, 4) is 0 Å². The molecule has 0 atom stereocenters. The van der Waals surface area contributed by atoms with Crippen molar-refractivity contribution in [2.75, 3.05) is 6.61 Å². The van der Waals surface area contributed by atoms with Crippen molar-refractivity contribution < 1.29 is 18.7 Å². The molecular formula is C11H8O5S. The van der Waals surface area contributed by atoms with Crippen LogP contribution in [0.2, 0.25) is 0 Å². The zero-order chi connectivity index (χ0) is 12.4. The number of carbonyl (C=O) groups excluding carboxylic acids is 2. The highest BCUT2D eigenvalue weighted by molar-refractivity contribution is 7.16. The van der Waals surface area contributed by atoms with E-state index < -0.39 is 16.7 Å². The van der Waals surface area contributed by atoms with Crippen molar-refractivity contribution in [1.82, 2.24) is 0 Å². The van der Waals surface area contributed by atoms with E-state index in [1.807, 2.05) is 0 Å². The predicted molar refractivity (Wildman–Crippen MR) is 61.3 cm³/mol. The number of esters is 1. The molecule has 0 radical (unpaired) electrons. The van der Waals surface area contributed by atoms with Gasteiger partial charge in [0.2, 0.25) is 0 Å². The summed E-state index contributed by atoms with van der Waals surface area (Å²) in [7, 11) is 0. The Hall–Kier alpha value is -1.95. The normalized spacial score (nSPS) is 10.4. The largest absolute Gasteiger partial charge is 0.460 e. The van der Waals surface area contributed by atoms with E-state index in [9.17, 15) is 14.4 Å². The second kappa shape index (κ2) is 4.50. The first kappa shape index (κ1) is 11.5. The van der Waals surface area contributed by atoms with Crippen LogP contribution in [0.3, 0.4) is 0 Å². The first-order chi connectivity index (χ1) is 8.11. The fourth-order valence-corrected chi connectivity index (χ4v) is 1.98. The number of hydrogen-bond donors (Lipinski definition) is 0. The maximum absolute atomic E-state index is 11.6. The van der Waals surface area contributed by atoms with E-state index in [0.717, 1.165) is 11.3 Å². The molecule has 1 aromatic heterocycles. The molecule has 0 saturated heterocycles. The van der Waals surface area contributed by atoms with Gasteiger partial charge >= 0.3 is 10.9 Å². The zero-order valence-corrected chi connectivity index (χ0v) is 9.71. The molecular weight excluding hydrogens is 244 g/mol. The second-order valence-electron chi connectivity index (χ2n) is 3.17. The Morgan fingerprint density at radius 1 is 1.41 bits per heavy atom. The maximum Gasteiger partial charge on any atom is 0.396 e. The van der Waals surface area contributed by atoms with Crippen LogP contribution >= 0.6 is 11.3 Å². The molecule has 6 heteroatoms. The van der Waals surface area contributed by atoms with Crippen molar-refractivity contribution >= 4 is 33.4 Å². The van der Waals surface area contributed by atoms with Crippen molar-refractivity contribution in [3.05, 3.63) is 33.5 Å². The molecule has 0 unspecified atom stereocenters. The minimum atomic E-state index is -0.913. The predicted octanol–water partition coefficient (Wildman–Crippen LogP) is 1.60. The molecule has 0 saturated carbocycles. The lowest BCUT2D eigenvalue weighted by Crippen LogP contribution is -2.17. The topological polar surface area (TPSA) is 73.6 Å². The van der Waals surface area contributed by atoms with Crippen LogP contribution in [0.4, 0.5) is 0 Å². The lowest BCUT2D eigenvalue weighted by molar-refractivity contribution is -0.137. The number of rotatable bonds is 3. The Labute approximate surface area is 99.6 Å². The number of ketones is 1. The van der Waals surface area contributed by atoms with Gasteiger partial charge in [-0.2, -0.15) is 0 Å². The number of Topliss-reactive ketones (excluding diaryl/α,β-unsaturated/α-hetero) is 1. The summed E-state index contributed by atoms with van der Waals surface area (Å²) in [5.41, 5.74) is 0.452. The van der Waals surface area contributed by atoms with E-state index in [1.165, 1.54) is 12.1 Å². The zero-order valence-electron chi connectivity index (χ0n) is 8.89. The number of carbonyl (C=O) groups is 2. The molecule has 0 amide bonds. The molecule has 88 valence electrons. The molecule has 2 aromatic rings. The van der Waals surface area contributed by atoms with Crippen molar-refractivity contribution in [2.24, 2.45) is 0 Å². The lowest BCUT2D eigenvalue weighted by Gasteiger charge is -2.00. The van der Waals surface area contributed by atoms with Crippen LogP contribution in [0.1, 0.15) is 17.3 Å². The van der Waals surface area contributed by atoms with Gasteiger partial charge in [0.05, 0.1) is 11.3 Å². The highest BCUT2D eigenvalue weighted by Gasteiger charge is 2.18. The number of ether oxygens (including phenoxy) is 1. The van der Waals surface area contributed by atoms with Gasteiger partial charge in [0.1, 0.15) is 5.58 Å². The summed E-state index contributed by atoms with van der Waals surface area (Å²) >= 11 is 0.942. The molecule has 17 heavy (non-hydrogen) atoms. The van der Waals surface area contributed by atoms with Crippen LogP contribution < -0.4 is 4.94 Å². The van der Waals surface area contributed by atoms with Crippen molar-refractivity contribution in [3.63, 3.8) is 0 Å². The van der Waals surface area contributed by atoms with Gasteiger partial charge in [0.15, 0.2) is 0 Å². The Kier molecular flexibility index (Phi) is 3.06. The molecule has 1 aromatic carbocycles. The van der Waals surface area contributed by atoms with Crippen molar-refractivity contribution in [1.29, 1.82) is 0 Å². The van der Waals surface area contributed by atoms with Crippen LogP contribution in [-0.2, 0) is 9.53 Å².